The van der Waals surface area contributed by atoms with Crippen LogP contribution < -0.4 is 15.1 Å². The molecule has 0 N–H and O–H groups in total. The minimum atomic E-state index is -2.57. The summed E-state index contributed by atoms with van der Waals surface area (Å²) in [5, 5.41) is 2.49. The molecule has 0 aliphatic carbocycles. The molecule has 0 radical (unpaired) electrons. The molecule has 3 rings (SSSR count). The van der Waals surface area contributed by atoms with Gasteiger partial charge in [-0.1, -0.05) is 81.4 Å². The van der Waals surface area contributed by atoms with E-state index in [1.54, 1.807) is 6.20 Å². The summed E-state index contributed by atoms with van der Waals surface area (Å²) in [6.07, 6.45) is 1.65. The van der Waals surface area contributed by atoms with Crippen LogP contribution >= 0.6 is 15.9 Å². The molecule has 0 saturated carbocycles. The first-order valence-corrected chi connectivity index (χ1v) is 12.6. The van der Waals surface area contributed by atoms with Gasteiger partial charge in [0.25, 0.3) is 8.32 Å². The molecule has 0 aliphatic rings. The molecular weight excluding hydrogens is 442 g/mol. The summed E-state index contributed by atoms with van der Waals surface area (Å²) in [4.78, 5) is 4.30. The molecule has 0 spiro atoms. The van der Waals surface area contributed by atoms with Gasteiger partial charge >= 0.3 is 0 Å². The average Bonchev–Trinajstić information content (AvgIpc) is 2.72. The lowest BCUT2D eigenvalue weighted by Gasteiger charge is -2.44. The van der Waals surface area contributed by atoms with Crippen LogP contribution in [0, 0.1) is 0 Å². The molecule has 152 valence electrons. The molecule has 1 heterocycles. The highest BCUT2D eigenvalue weighted by Crippen LogP contribution is 2.37. The highest BCUT2D eigenvalue weighted by molar-refractivity contribution is 9.10. The van der Waals surface area contributed by atoms with Crippen molar-refractivity contribution in [1.82, 2.24) is 4.98 Å². The normalized spacial score (nSPS) is 13.1. The zero-order valence-corrected chi connectivity index (χ0v) is 20.0. The molecule has 3 nitrogen and oxygen atoms in total. The Morgan fingerprint density at radius 3 is 1.90 bits per heavy atom. The van der Waals surface area contributed by atoms with E-state index in [9.17, 15) is 0 Å². The third kappa shape index (κ3) is 4.97. The van der Waals surface area contributed by atoms with Gasteiger partial charge in [-0.3, -0.25) is 0 Å². The molecule has 1 unspecified atom stereocenters. The molecule has 5 heteroatoms. The van der Waals surface area contributed by atoms with E-state index in [0.29, 0.717) is 12.5 Å². The van der Waals surface area contributed by atoms with Crippen LogP contribution in [0.15, 0.2) is 83.5 Å². The van der Waals surface area contributed by atoms with Gasteiger partial charge in [-0.2, -0.15) is 0 Å². The van der Waals surface area contributed by atoms with Crippen LogP contribution in [0.3, 0.4) is 0 Å². The summed E-state index contributed by atoms with van der Waals surface area (Å²) < 4.78 is 13.8. The first kappa shape index (κ1) is 21.7. The number of ether oxygens (including phenoxy) is 1. The first-order valence-electron chi connectivity index (χ1n) is 9.86. The number of nitrogens with zero attached hydrogens (tertiary/aromatic N) is 1. The summed E-state index contributed by atoms with van der Waals surface area (Å²) in [7, 11) is -2.57. The Morgan fingerprint density at radius 2 is 1.45 bits per heavy atom. The lowest BCUT2D eigenvalue weighted by molar-refractivity contribution is 0.131. The second-order valence-corrected chi connectivity index (χ2v) is 13.4. The zero-order chi connectivity index (χ0) is 20.9. The summed E-state index contributed by atoms with van der Waals surface area (Å²) in [5.41, 5.74) is 0. The number of halogens is 1. The van der Waals surface area contributed by atoms with Crippen molar-refractivity contribution in [1.29, 1.82) is 0 Å². The maximum absolute atomic E-state index is 7.00. The molecule has 29 heavy (non-hydrogen) atoms. The molecule has 0 fully saturated rings. The predicted molar refractivity (Wildman–Crippen MR) is 126 cm³/mol. The van der Waals surface area contributed by atoms with Gasteiger partial charge in [0, 0.05) is 16.7 Å². The van der Waals surface area contributed by atoms with Crippen molar-refractivity contribution < 1.29 is 9.16 Å². The molecule has 0 aliphatic heterocycles. The van der Waals surface area contributed by atoms with Crippen LogP contribution in [0.1, 0.15) is 27.7 Å². The summed E-state index contributed by atoms with van der Waals surface area (Å²) in [6.45, 7) is 9.37. The molecule has 2 aromatic carbocycles. The highest BCUT2D eigenvalue weighted by Gasteiger charge is 2.51. The van der Waals surface area contributed by atoms with Gasteiger partial charge < -0.3 is 9.16 Å². The van der Waals surface area contributed by atoms with Crippen LogP contribution in [-0.4, -0.2) is 26.0 Å². The van der Waals surface area contributed by atoms with Crippen molar-refractivity contribution in [2.24, 2.45) is 0 Å². The van der Waals surface area contributed by atoms with E-state index in [2.05, 4.69) is 109 Å². The maximum atomic E-state index is 7.00. The lowest BCUT2D eigenvalue weighted by atomic mass is 10.2. The van der Waals surface area contributed by atoms with Crippen LogP contribution in [0.25, 0.3) is 0 Å². The minimum Gasteiger partial charge on any atom is -0.475 e. The van der Waals surface area contributed by atoms with Crippen LogP contribution in [0.2, 0.25) is 5.04 Å². The number of aromatic nitrogens is 1. The summed E-state index contributed by atoms with van der Waals surface area (Å²) in [6, 6.07) is 25.1. The Kier molecular flexibility index (Phi) is 6.93. The molecule has 3 aromatic rings. The quantitative estimate of drug-likeness (QED) is 0.446. The molecule has 0 bridgehead atoms. The number of rotatable bonds is 7. The standard InChI is InChI=1S/C24H28BrNO2Si/c1-19(18-27-23-16-15-20(25)17-26-23)28-29(24(2,3)4,21-11-7-5-8-12-21)22-13-9-6-10-14-22/h5-17,19H,18H2,1-4H3. The van der Waals surface area contributed by atoms with E-state index in [4.69, 9.17) is 9.16 Å². The molecule has 0 amide bonds. The van der Waals surface area contributed by atoms with E-state index in [1.165, 1.54) is 10.4 Å². The predicted octanol–water partition coefficient (Wildman–Crippen LogP) is 5.19. The fourth-order valence-electron chi connectivity index (χ4n) is 3.68. The van der Waals surface area contributed by atoms with Crippen molar-refractivity contribution in [3.8, 4) is 5.88 Å². The highest BCUT2D eigenvalue weighted by atomic mass is 79.9. The SMILES string of the molecule is CC(COc1ccc(Br)cn1)O[Si](c1ccccc1)(c1ccccc1)C(C)(C)C. The number of hydrogen-bond acceptors (Lipinski definition) is 3. The largest absolute Gasteiger partial charge is 0.475 e. The first-order chi connectivity index (χ1) is 13.8. The van der Waals surface area contributed by atoms with Crippen molar-refractivity contribution in [2.45, 2.75) is 38.8 Å². The number of pyridine rings is 1. The third-order valence-corrected chi connectivity index (χ3v) is 10.6. The van der Waals surface area contributed by atoms with E-state index in [1.807, 2.05) is 12.1 Å². The molecule has 1 aromatic heterocycles. The Morgan fingerprint density at radius 1 is 0.897 bits per heavy atom. The van der Waals surface area contributed by atoms with Crippen molar-refractivity contribution in [3.05, 3.63) is 83.5 Å². The van der Waals surface area contributed by atoms with Gasteiger partial charge in [0.2, 0.25) is 5.88 Å². The second kappa shape index (κ2) is 9.24. The van der Waals surface area contributed by atoms with Gasteiger partial charge in [0.15, 0.2) is 0 Å². The fraction of sp³-hybridized carbons (Fsp3) is 0.292. The Balaban J connectivity index is 1.93. The van der Waals surface area contributed by atoms with Crippen LogP contribution in [0.5, 0.6) is 5.88 Å². The molecule has 0 saturated heterocycles. The number of benzene rings is 2. The van der Waals surface area contributed by atoms with E-state index in [0.717, 1.165) is 4.47 Å². The van der Waals surface area contributed by atoms with E-state index >= 15 is 0 Å². The smallest absolute Gasteiger partial charge is 0.261 e. The Labute approximate surface area is 183 Å². The average molecular weight is 470 g/mol. The van der Waals surface area contributed by atoms with E-state index < -0.39 is 8.32 Å². The van der Waals surface area contributed by atoms with Crippen molar-refractivity contribution in [2.75, 3.05) is 6.61 Å². The topological polar surface area (TPSA) is 31.4 Å². The third-order valence-electron chi connectivity index (χ3n) is 4.96. The second-order valence-electron chi connectivity index (χ2n) is 8.22. The van der Waals surface area contributed by atoms with Gasteiger partial charge in [-0.25, -0.2) is 4.98 Å². The van der Waals surface area contributed by atoms with Gasteiger partial charge in [0.05, 0.1) is 6.10 Å². The van der Waals surface area contributed by atoms with Crippen LogP contribution in [-0.2, 0) is 4.43 Å². The maximum Gasteiger partial charge on any atom is 0.261 e. The monoisotopic (exact) mass is 469 g/mol. The van der Waals surface area contributed by atoms with Crippen molar-refractivity contribution >= 4 is 34.6 Å². The summed E-state index contributed by atoms with van der Waals surface area (Å²) >= 11 is 3.40. The van der Waals surface area contributed by atoms with Crippen molar-refractivity contribution in [3.63, 3.8) is 0 Å². The van der Waals surface area contributed by atoms with Gasteiger partial charge in [-0.15, -0.1) is 0 Å². The van der Waals surface area contributed by atoms with Gasteiger partial charge in [-0.05, 0) is 44.3 Å². The fourth-order valence-corrected chi connectivity index (χ4v) is 8.60. The lowest BCUT2D eigenvalue weighted by Crippen LogP contribution is -2.67. The van der Waals surface area contributed by atoms with Crippen LogP contribution in [0.4, 0.5) is 0 Å². The minimum absolute atomic E-state index is 0.0557. The van der Waals surface area contributed by atoms with Gasteiger partial charge in [0.1, 0.15) is 6.61 Å². The summed E-state index contributed by atoms with van der Waals surface area (Å²) in [5.74, 6) is 0.603. The Hall–Kier alpha value is -1.95. The Bertz CT molecular complexity index is 856. The van der Waals surface area contributed by atoms with E-state index in [-0.39, 0.29) is 11.1 Å². The number of hydrogen-bond donors (Lipinski definition) is 0. The molecular formula is C24H28BrNO2Si. The molecule has 1 atom stereocenters. The zero-order valence-electron chi connectivity index (χ0n) is 17.4.